The highest BCUT2D eigenvalue weighted by Gasteiger charge is 2.23. The lowest BCUT2D eigenvalue weighted by Gasteiger charge is -2.29. The SMILES string of the molecule is CCn1c(=O)c(=O)[nH]c2cc(C(=O)N(Cc3ccccc3)C(C)Cc3cccs3)ccc21. The summed E-state index contributed by atoms with van der Waals surface area (Å²) < 4.78 is 1.42. The summed E-state index contributed by atoms with van der Waals surface area (Å²) in [5.41, 5.74) is 1.34. The zero-order valence-electron chi connectivity index (χ0n) is 18.1. The number of carbonyl (C=O) groups excluding carboxylic acids is 1. The molecule has 0 aliphatic rings. The van der Waals surface area contributed by atoms with Crippen LogP contribution in [0.3, 0.4) is 0 Å². The number of hydrogen-bond donors (Lipinski definition) is 1. The van der Waals surface area contributed by atoms with Crippen molar-refractivity contribution in [3.8, 4) is 0 Å². The summed E-state index contributed by atoms with van der Waals surface area (Å²) in [6.07, 6.45) is 0.760. The normalized spacial score (nSPS) is 12.1. The van der Waals surface area contributed by atoms with Crippen LogP contribution >= 0.6 is 11.3 Å². The summed E-state index contributed by atoms with van der Waals surface area (Å²) in [5.74, 6) is -0.116. The van der Waals surface area contributed by atoms with Crippen LogP contribution < -0.4 is 11.1 Å². The van der Waals surface area contributed by atoms with E-state index in [1.54, 1.807) is 29.5 Å². The van der Waals surface area contributed by atoms with Crippen LogP contribution in [-0.4, -0.2) is 26.4 Å². The minimum atomic E-state index is -0.684. The maximum absolute atomic E-state index is 13.6. The molecule has 2 aromatic heterocycles. The summed E-state index contributed by atoms with van der Waals surface area (Å²) in [6.45, 7) is 4.73. The summed E-state index contributed by atoms with van der Waals surface area (Å²) >= 11 is 1.68. The van der Waals surface area contributed by atoms with Gasteiger partial charge < -0.3 is 14.5 Å². The predicted molar refractivity (Wildman–Crippen MR) is 128 cm³/mol. The molecule has 0 aliphatic carbocycles. The van der Waals surface area contributed by atoms with Gasteiger partial charge in [-0.15, -0.1) is 11.3 Å². The highest BCUT2D eigenvalue weighted by molar-refractivity contribution is 7.09. The maximum atomic E-state index is 13.6. The van der Waals surface area contributed by atoms with E-state index >= 15 is 0 Å². The third-order valence-electron chi connectivity index (χ3n) is 5.60. The average Bonchev–Trinajstić information content (AvgIpc) is 3.31. The molecule has 4 rings (SSSR count). The molecule has 0 aliphatic heterocycles. The zero-order chi connectivity index (χ0) is 22.7. The van der Waals surface area contributed by atoms with Gasteiger partial charge in [0.15, 0.2) is 0 Å². The second-order valence-corrected chi connectivity index (χ2v) is 8.82. The molecular formula is C25H25N3O3S. The topological polar surface area (TPSA) is 75.2 Å². The Kier molecular flexibility index (Phi) is 6.37. The summed E-state index contributed by atoms with van der Waals surface area (Å²) in [4.78, 5) is 43.5. The first kappa shape index (κ1) is 21.8. The molecule has 1 N–H and O–H groups in total. The number of fused-ring (bicyclic) bond motifs is 1. The number of benzene rings is 2. The number of nitrogens with one attached hydrogen (secondary N) is 1. The van der Waals surface area contributed by atoms with Crippen molar-refractivity contribution < 1.29 is 4.79 Å². The number of amides is 1. The number of rotatable bonds is 7. The van der Waals surface area contributed by atoms with Crippen molar-refractivity contribution in [1.29, 1.82) is 0 Å². The number of carbonyl (C=O) groups is 1. The largest absolute Gasteiger partial charge is 0.331 e. The Balaban J connectivity index is 1.72. The first-order valence-electron chi connectivity index (χ1n) is 10.6. The number of hydrogen-bond acceptors (Lipinski definition) is 4. The monoisotopic (exact) mass is 447 g/mol. The van der Waals surface area contributed by atoms with Gasteiger partial charge in [-0.05, 0) is 49.1 Å². The zero-order valence-corrected chi connectivity index (χ0v) is 18.9. The second-order valence-electron chi connectivity index (χ2n) is 7.79. The molecule has 0 radical (unpaired) electrons. The maximum Gasteiger partial charge on any atom is 0.316 e. The van der Waals surface area contributed by atoms with Gasteiger partial charge in [0.25, 0.3) is 5.91 Å². The fraction of sp³-hybridized carbons (Fsp3) is 0.240. The van der Waals surface area contributed by atoms with Gasteiger partial charge in [0.1, 0.15) is 0 Å². The lowest BCUT2D eigenvalue weighted by molar-refractivity contribution is 0.0676. The molecule has 4 aromatic rings. The molecule has 1 atom stereocenters. The van der Waals surface area contributed by atoms with Gasteiger partial charge in [-0.3, -0.25) is 14.4 Å². The molecule has 164 valence electrons. The number of aryl methyl sites for hydroxylation is 1. The summed E-state index contributed by atoms with van der Waals surface area (Å²) in [7, 11) is 0. The van der Waals surface area contributed by atoms with E-state index < -0.39 is 11.1 Å². The Bertz CT molecular complexity index is 1340. The predicted octanol–water partition coefficient (Wildman–Crippen LogP) is 4.04. The van der Waals surface area contributed by atoms with Gasteiger partial charge >= 0.3 is 11.1 Å². The molecule has 32 heavy (non-hydrogen) atoms. The van der Waals surface area contributed by atoms with Crippen molar-refractivity contribution in [2.75, 3.05) is 0 Å². The molecule has 0 saturated carbocycles. The van der Waals surface area contributed by atoms with Gasteiger partial charge in [0.2, 0.25) is 0 Å². The van der Waals surface area contributed by atoms with Crippen molar-refractivity contribution in [1.82, 2.24) is 14.5 Å². The van der Waals surface area contributed by atoms with Crippen LogP contribution in [0.1, 0.15) is 34.6 Å². The van der Waals surface area contributed by atoms with Crippen LogP contribution in [0.2, 0.25) is 0 Å². The van der Waals surface area contributed by atoms with Crippen molar-refractivity contribution >= 4 is 28.3 Å². The van der Waals surface area contributed by atoms with E-state index in [1.165, 1.54) is 9.44 Å². The van der Waals surface area contributed by atoms with Crippen LogP contribution in [0.15, 0.2) is 75.6 Å². The standard InChI is InChI=1S/C25H25N3O3S/c1-3-27-22-12-11-19(15-21(22)26-23(29)25(27)31)24(30)28(16-18-8-5-4-6-9-18)17(2)14-20-10-7-13-32-20/h4-13,15,17H,3,14,16H2,1-2H3,(H,26,29). The van der Waals surface area contributed by atoms with Crippen LogP contribution in [-0.2, 0) is 19.5 Å². The van der Waals surface area contributed by atoms with Crippen LogP contribution in [0.4, 0.5) is 0 Å². The number of aromatic amines is 1. The third kappa shape index (κ3) is 4.43. The first-order valence-corrected chi connectivity index (χ1v) is 11.5. The highest BCUT2D eigenvalue weighted by atomic mass is 32.1. The number of nitrogens with zero attached hydrogens (tertiary/aromatic N) is 2. The second kappa shape index (κ2) is 9.36. The Morgan fingerprint density at radius 2 is 1.88 bits per heavy atom. The van der Waals surface area contributed by atoms with Crippen LogP contribution in [0, 0.1) is 0 Å². The van der Waals surface area contributed by atoms with Crippen molar-refractivity contribution in [3.05, 3.63) is 103 Å². The van der Waals surface area contributed by atoms with E-state index in [4.69, 9.17) is 0 Å². The van der Waals surface area contributed by atoms with E-state index in [1.807, 2.05) is 53.6 Å². The van der Waals surface area contributed by atoms with Gasteiger partial charge in [-0.1, -0.05) is 36.4 Å². The molecule has 7 heteroatoms. The summed E-state index contributed by atoms with van der Waals surface area (Å²) in [5, 5.41) is 2.04. The third-order valence-corrected chi connectivity index (χ3v) is 6.50. The quantitative estimate of drug-likeness (QED) is 0.435. The number of H-pyrrole nitrogens is 1. The average molecular weight is 448 g/mol. The van der Waals surface area contributed by atoms with Gasteiger partial charge in [-0.2, -0.15) is 0 Å². The Labute approximate surface area is 189 Å². The molecule has 6 nitrogen and oxygen atoms in total. The Hall–Kier alpha value is -3.45. The molecule has 0 spiro atoms. The van der Waals surface area contributed by atoms with Crippen LogP contribution in [0.5, 0.6) is 0 Å². The Morgan fingerprint density at radius 1 is 1.09 bits per heavy atom. The molecule has 0 fully saturated rings. The molecule has 1 unspecified atom stereocenters. The van der Waals surface area contributed by atoms with Crippen molar-refractivity contribution in [2.45, 2.75) is 39.4 Å². The highest BCUT2D eigenvalue weighted by Crippen LogP contribution is 2.20. The van der Waals surface area contributed by atoms with Crippen molar-refractivity contribution in [2.24, 2.45) is 0 Å². The van der Waals surface area contributed by atoms with E-state index in [0.29, 0.717) is 29.7 Å². The van der Waals surface area contributed by atoms with Gasteiger partial charge in [-0.25, -0.2) is 0 Å². The van der Waals surface area contributed by atoms with E-state index in [9.17, 15) is 14.4 Å². The fourth-order valence-electron chi connectivity index (χ4n) is 3.93. The molecule has 0 saturated heterocycles. The Morgan fingerprint density at radius 3 is 2.56 bits per heavy atom. The fourth-order valence-corrected chi connectivity index (χ4v) is 4.76. The van der Waals surface area contributed by atoms with Crippen LogP contribution in [0.25, 0.3) is 11.0 Å². The summed E-state index contributed by atoms with van der Waals surface area (Å²) in [6, 6.07) is 19.1. The smallest absolute Gasteiger partial charge is 0.316 e. The lowest BCUT2D eigenvalue weighted by Crippen LogP contribution is -2.39. The molecular weight excluding hydrogens is 422 g/mol. The first-order chi connectivity index (χ1) is 15.5. The molecule has 2 aromatic carbocycles. The minimum Gasteiger partial charge on any atom is -0.331 e. The molecule has 1 amide bonds. The minimum absolute atomic E-state index is 0.0271. The molecule has 0 bridgehead atoms. The van der Waals surface area contributed by atoms with Gasteiger partial charge in [0, 0.05) is 36.0 Å². The van der Waals surface area contributed by atoms with E-state index in [2.05, 4.69) is 18.0 Å². The number of aromatic nitrogens is 2. The van der Waals surface area contributed by atoms with Gasteiger partial charge in [0.05, 0.1) is 11.0 Å². The number of thiophene rings is 1. The van der Waals surface area contributed by atoms with E-state index in [-0.39, 0.29) is 11.9 Å². The van der Waals surface area contributed by atoms with E-state index in [0.717, 1.165) is 12.0 Å². The molecule has 2 heterocycles. The van der Waals surface area contributed by atoms with Crippen molar-refractivity contribution in [3.63, 3.8) is 0 Å². The lowest BCUT2D eigenvalue weighted by atomic mass is 10.1.